The fourth-order valence-electron chi connectivity index (χ4n) is 2.05. The Morgan fingerprint density at radius 2 is 1.70 bits per heavy atom. The smallest absolute Gasteiger partial charge is 0.0542 e. The van der Waals surface area contributed by atoms with E-state index in [4.69, 9.17) is 34.8 Å². The second-order valence-electron chi connectivity index (χ2n) is 4.42. The van der Waals surface area contributed by atoms with Gasteiger partial charge in [-0.3, -0.25) is 0 Å². The summed E-state index contributed by atoms with van der Waals surface area (Å²) in [5.74, 6) is 0. The lowest BCUT2D eigenvalue weighted by Gasteiger charge is -2.19. The molecule has 0 amide bonds. The molecule has 20 heavy (non-hydrogen) atoms. The van der Waals surface area contributed by atoms with E-state index in [1.165, 1.54) is 0 Å². The molecule has 1 atom stereocenters. The first-order valence-electron chi connectivity index (χ1n) is 6.08. The van der Waals surface area contributed by atoms with Crippen LogP contribution in [0, 0.1) is 3.57 Å². The first kappa shape index (κ1) is 16.4. The molecule has 0 saturated heterocycles. The number of nitrogens with one attached hydrogen (secondary N) is 1. The maximum atomic E-state index is 6.24. The van der Waals surface area contributed by atoms with Gasteiger partial charge in [-0.05, 0) is 71.5 Å². The van der Waals surface area contributed by atoms with Crippen molar-refractivity contribution < 1.29 is 0 Å². The van der Waals surface area contributed by atoms with Gasteiger partial charge < -0.3 is 5.32 Å². The highest BCUT2D eigenvalue weighted by Gasteiger charge is 2.15. The molecule has 1 unspecified atom stereocenters. The molecular formula is C15H13Cl3IN. The molecule has 0 fully saturated rings. The molecule has 106 valence electrons. The molecular weight excluding hydrogens is 427 g/mol. The number of likely N-dealkylation sites (N-methyl/N-ethyl adjacent to an activating group) is 1. The number of rotatable bonds is 4. The molecule has 1 nitrogen and oxygen atoms in total. The van der Waals surface area contributed by atoms with E-state index in [-0.39, 0.29) is 6.04 Å². The van der Waals surface area contributed by atoms with Crippen molar-refractivity contribution in [2.24, 2.45) is 0 Å². The molecule has 0 spiro atoms. The summed E-state index contributed by atoms with van der Waals surface area (Å²) < 4.78 is 1.04. The van der Waals surface area contributed by atoms with Gasteiger partial charge >= 0.3 is 0 Å². The van der Waals surface area contributed by atoms with Gasteiger partial charge in [0.1, 0.15) is 0 Å². The van der Waals surface area contributed by atoms with Crippen LogP contribution in [0.3, 0.4) is 0 Å². The summed E-state index contributed by atoms with van der Waals surface area (Å²) >= 11 is 20.9. The molecule has 0 radical (unpaired) electrons. The fourth-order valence-corrected chi connectivity index (χ4v) is 3.12. The molecule has 2 rings (SSSR count). The van der Waals surface area contributed by atoms with Gasteiger partial charge in [-0.2, -0.15) is 0 Å². The number of hydrogen-bond acceptors (Lipinski definition) is 1. The molecule has 0 aliphatic carbocycles. The van der Waals surface area contributed by atoms with Crippen molar-refractivity contribution in [3.05, 3.63) is 66.2 Å². The largest absolute Gasteiger partial charge is 0.313 e. The summed E-state index contributed by atoms with van der Waals surface area (Å²) in [5, 5.41) is 5.43. The number of benzene rings is 2. The lowest BCUT2D eigenvalue weighted by molar-refractivity contribution is 0.592. The summed E-state index contributed by atoms with van der Waals surface area (Å²) in [6.07, 6.45) is 0.714. The van der Waals surface area contributed by atoms with E-state index in [9.17, 15) is 0 Å². The average molecular weight is 441 g/mol. The Morgan fingerprint density at radius 1 is 1.05 bits per heavy atom. The van der Waals surface area contributed by atoms with Gasteiger partial charge in [0.25, 0.3) is 0 Å². The number of hydrogen-bond donors (Lipinski definition) is 1. The van der Waals surface area contributed by atoms with Crippen LogP contribution in [-0.2, 0) is 6.42 Å². The van der Waals surface area contributed by atoms with E-state index < -0.39 is 0 Å². The van der Waals surface area contributed by atoms with E-state index >= 15 is 0 Å². The minimum atomic E-state index is 0.113. The molecule has 5 heteroatoms. The van der Waals surface area contributed by atoms with Gasteiger partial charge in [0.05, 0.1) is 5.02 Å². The predicted molar refractivity (Wildman–Crippen MR) is 96.1 cm³/mol. The molecule has 0 aliphatic rings. The van der Waals surface area contributed by atoms with E-state index in [2.05, 4.69) is 34.0 Å². The molecule has 2 aromatic rings. The highest BCUT2D eigenvalue weighted by molar-refractivity contribution is 14.1. The monoisotopic (exact) mass is 439 g/mol. The van der Waals surface area contributed by atoms with Crippen molar-refractivity contribution in [3.63, 3.8) is 0 Å². The van der Waals surface area contributed by atoms with Crippen LogP contribution in [0.1, 0.15) is 17.2 Å². The van der Waals surface area contributed by atoms with Crippen molar-refractivity contribution in [3.8, 4) is 0 Å². The Labute approximate surface area is 147 Å². The van der Waals surface area contributed by atoms with E-state index in [0.717, 1.165) is 19.7 Å². The topological polar surface area (TPSA) is 12.0 Å². The lowest BCUT2D eigenvalue weighted by Crippen LogP contribution is -2.19. The van der Waals surface area contributed by atoms with Gasteiger partial charge in [0.15, 0.2) is 0 Å². The van der Waals surface area contributed by atoms with Gasteiger partial charge in [-0.25, -0.2) is 0 Å². The minimum Gasteiger partial charge on any atom is -0.313 e. The van der Waals surface area contributed by atoms with Gasteiger partial charge in [0.2, 0.25) is 0 Å². The van der Waals surface area contributed by atoms with Crippen molar-refractivity contribution in [2.45, 2.75) is 12.5 Å². The van der Waals surface area contributed by atoms with Crippen molar-refractivity contribution in [1.29, 1.82) is 0 Å². The molecule has 0 aliphatic heterocycles. The molecule has 2 aromatic carbocycles. The van der Waals surface area contributed by atoms with Gasteiger partial charge in [-0.1, -0.05) is 46.9 Å². The summed E-state index contributed by atoms with van der Waals surface area (Å²) in [4.78, 5) is 0. The van der Waals surface area contributed by atoms with Crippen LogP contribution in [0.2, 0.25) is 15.1 Å². The van der Waals surface area contributed by atoms with Crippen LogP contribution >= 0.6 is 57.4 Å². The zero-order chi connectivity index (χ0) is 14.7. The minimum absolute atomic E-state index is 0.113. The Kier molecular flexibility index (Phi) is 5.99. The van der Waals surface area contributed by atoms with E-state index in [1.807, 2.05) is 37.4 Å². The SMILES string of the molecule is CNC(Cc1c(Cl)cccc1Cl)c1ccc(I)c(Cl)c1. The molecule has 1 N–H and O–H groups in total. The van der Waals surface area contributed by atoms with Gasteiger partial charge in [-0.15, -0.1) is 0 Å². The summed E-state index contributed by atoms with van der Waals surface area (Å²) in [6, 6.07) is 11.7. The fraction of sp³-hybridized carbons (Fsp3) is 0.200. The normalized spacial score (nSPS) is 12.4. The van der Waals surface area contributed by atoms with Crippen molar-refractivity contribution in [2.75, 3.05) is 7.05 Å². The summed E-state index contributed by atoms with van der Waals surface area (Å²) in [5.41, 5.74) is 2.07. The first-order chi connectivity index (χ1) is 9.52. The quantitative estimate of drug-likeness (QED) is 0.597. The third-order valence-corrected chi connectivity index (χ3v) is 5.44. The zero-order valence-corrected chi connectivity index (χ0v) is 15.2. The van der Waals surface area contributed by atoms with Gasteiger partial charge in [0, 0.05) is 19.7 Å². The Hall–Kier alpha value is -0.0000000000000000555. The van der Waals surface area contributed by atoms with Crippen LogP contribution < -0.4 is 5.32 Å². The lowest BCUT2D eigenvalue weighted by atomic mass is 9.99. The van der Waals surface area contributed by atoms with E-state index in [0.29, 0.717) is 16.5 Å². The third kappa shape index (κ3) is 3.80. The number of halogens is 4. The Bertz CT molecular complexity index is 596. The molecule has 0 bridgehead atoms. The maximum absolute atomic E-state index is 6.24. The molecule has 0 saturated carbocycles. The van der Waals surface area contributed by atoms with E-state index in [1.54, 1.807) is 0 Å². The van der Waals surface area contributed by atoms with Crippen LogP contribution in [0.15, 0.2) is 36.4 Å². The summed E-state index contributed by atoms with van der Waals surface area (Å²) in [7, 11) is 1.92. The highest BCUT2D eigenvalue weighted by Crippen LogP contribution is 2.30. The van der Waals surface area contributed by atoms with Crippen LogP contribution in [-0.4, -0.2) is 7.05 Å². The molecule has 0 aromatic heterocycles. The Morgan fingerprint density at radius 3 is 2.25 bits per heavy atom. The third-order valence-electron chi connectivity index (χ3n) is 3.16. The van der Waals surface area contributed by atoms with Crippen molar-refractivity contribution in [1.82, 2.24) is 5.32 Å². The second kappa shape index (κ2) is 7.32. The predicted octanol–water partition coefficient (Wildman–Crippen LogP) is 5.75. The maximum Gasteiger partial charge on any atom is 0.0542 e. The van der Waals surface area contributed by atoms with Crippen LogP contribution in [0.4, 0.5) is 0 Å². The van der Waals surface area contributed by atoms with Crippen LogP contribution in [0.25, 0.3) is 0 Å². The van der Waals surface area contributed by atoms with Crippen LogP contribution in [0.5, 0.6) is 0 Å². The highest BCUT2D eigenvalue weighted by atomic mass is 127. The average Bonchev–Trinajstić information content (AvgIpc) is 2.42. The molecule has 0 heterocycles. The Balaban J connectivity index is 2.31. The standard InChI is InChI=1S/C15H13Cl3IN/c1-20-15(9-5-6-14(19)13(18)7-9)8-10-11(16)3-2-4-12(10)17/h2-7,15,20H,8H2,1H3. The zero-order valence-electron chi connectivity index (χ0n) is 10.8. The second-order valence-corrected chi connectivity index (χ2v) is 6.80. The first-order valence-corrected chi connectivity index (χ1v) is 8.29. The van der Waals surface area contributed by atoms with Crippen molar-refractivity contribution >= 4 is 57.4 Å². The summed E-state index contributed by atoms with van der Waals surface area (Å²) in [6.45, 7) is 0.